The molecule has 0 N–H and O–H groups in total. The quantitative estimate of drug-likeness (QED) is 0.559. The monoisotopic (exact) mass is 482 g/mol. The Morgan fingerprint density at radius 3 is 2.45 bits per heavy atom. The van der Waals surface area contributed by atoms with E-state index in [2.05, 4.69) is 9.88 Å². The Morgan fingerprint density at radius 2 is 1.70 bits per heavy atom. The van der Waals surface area contributed by atoms with Crippen molar-refractivity contribution in [2.75, 3.05) is 32.7 Å². The van der Waals surface area contributed by atoms with E-state index >= 15 is 0 Å². The van der Waals surface area contributed by atoms with E-state index in [1.807, 2.05) is 42.5 Å². The number of hydrogen-bond donors (Lipinski definition) is 0. The van der Waals surface area contributed by atoms with Gasteiger partial charge in [0.1, 0.15) is 9.77 Å². The average molecular weight is 483 g/mol. The molecule has 3 aromatic rings. The van der Waals surface area contributed by atoms with Gasteiger partial charge in [-0.3, -0.25) is 14.7 Å². The van der Waals surface area contributed by atoms with Crippen LogP contribution in [0.2, 0.25) is 0 Å². The van der Waals surface area contributed by atoms with Crippen LogP contribution in [0.5, 0.6) is 0 Å². The smallest absolute Gasteiger partial charge is 0.265 e. The van der Waals surface area contributed by atoms with Crippen LogP contribution < -0.4 is 0 Å². The number of fused-ring (bicyclic) bond motifs is 1. The number of benzene rings is 1. The van der Waals surface area contributed by atoms with Crippen LogP contribution in [0.3, 0.4) is 0 Å². The van der Waals surface area contributed by atoms with Crippen LogP contribution in [0.25, 0.3) is 0 Å². The maximum absolute atomic E-state index is 13.5. The Balaban J connectivity index is 1.27. The minimum atomic E-state index is -3.75. The van der Waals surface area contributed by atoms with Gasteiger partial charge in [0.2, 0.25) is 10.0 Å². The maximum atomic E-state index is 13.5. The number of thiophene rings is 1. The van der Waals surface area contributed by atoms with Crippen LogP contribution in [0.15, 0.2) is 65.0 Å². The summed E-state index contributed by atoms with van der Waals surface area (Å²) in [4.78, 5) is 22.2. The van der Waals surface area contributed by atoms with Crippen molar-refractivity contribution < 1.29 is 13.2 Å². The molecule has 1 aromatic carbocycles. The highest BCUT2D eigenvalue weighted by atomic mass is 32.2. The van der Waals surface area contributed by atoms with E-state index < -0.39 is 10.0 Å². The predicted molar refractivity (Wildman–Crippen MR) is 127 cm³/mol. The second-order valence-electron chi connectivity index (χ2n) is 8.36. The van der Waals surface area contributed by atoms with Gasteiger partial charge in [-0.15, -0.1) is 11.3 Å². The van der Waals surface area contributed by atoms with E-state index in [1.54, 1.807) is 22.5 Å². The molecule has 0 atom stereocenters. The SMILES string of the molecule is O=C(c1sccc1S(=O)(=O)N1CCc2ccccc2C1)N1CCN(Cc2ccccn2)CC1. The first-order valence-corrected chi connectivity index (χ1v) is 13.4. The zero-order chi connectivity index (χ0) is 22.8. The lowest BCUT2D eigenvalue weighted by atomic mass is 10.0. The molecule has 5 rings (SSSR count). The Bertz CT molecular complexity index is 1240. The van der Waals surface area contributed by atoms with Crippen molar-refractivity contribution in [2.24, 2.45) is 0 Å². The fourth-order valence-corrected chi connectivity index (χ4v) is 7.23. The second-order valence-corrected chi connectivity index (χ2v) is 11.2. The van der Waals surface area contributed by atoms with Gasteiger partial charge in [0.15, 0.2) is 0 Å². The van der Waals surface area contributed by atoms with Crippen LogP contribution in [-0.4, -0.2) is 66.1 Å². The molecule has 9 heteroatoms. The average Bonchev–Trinajstić information content (AvgIpc) is 3.35. The molecule has 0 bridgehead atoms. The number of aromatic nitrogens is 1. The molecule has 1 saturated heterocycles. The summed E-state index contributed by atoms with van der Waals surface area (Å²) in [5.41, 5.74) is 3.22. The molecule has 0 saturated carbocycles. The summed E-state index contributed by atoms with van der Waals surface area (Å²) in [6, 6.07) is 15.4. The summed E-state index contributed by atoms with van der Waals surface area (Å²) in [6.45, 7) is 4.12. The second kappa shape index (κ2) is 9.34. The molecule has 0 spiro atoms. The van der Waals surface area contributed by atoms with Gasteiger partial charge in [-0.1, -0.05) is 30.3 Å². The highest BCUT2D eigenvalue weighted by Crippen LogP contribution is 2.30. The summed E-state index contributed by atoms with van der Waals surface area (Å²) in [7, 11) is -3.75. The first kappa shape index (κ1) is 22.2. The Morgan fingerprint density at radius 1 is 0.939 bits per heavy atom. The lowest BCUT2D eigenvalue weighted by Gasteiger charge is -2.34. The molecular weight excluding hydrogens is 456 g/mol. The van der Waals surface area contributed by atoms with Gasteiger partial charge >= 0.3 is 0 Å². The van der Waals surface area contributed by atoms with E-state index in [0.717, 1.165) is 30.9 Å². The summed E-state index contributed by atoms with van der Waals surface area (Å²) < 4.78 is 28.4. The summed E-state index contributed by atoms with van der Waals surface area (Å²) in [5.74, 6) is -0.196. The van der Waals surface area contributed by atoms with Crippen molar-refractivity contribution in [1.82, 2.24) is 19.1 Å². The van der Waals surface area contributed by atoms with Gasteiger partial charge in [0.05, 0.1) is 5.69 Å². The van der Waals surface area contributed by atoms with Gasteiger partial charge in [0.25, 0.3) is 5.91 Å². The molecule has 2 aliphatic heterocycles. The molecule has 0 aliphatic carbocycles. The number of piperazine rings is 1. The van der Waals surface area contributed by atoms with E-state index in [-0.39, 0.29) is 10.8 Å². The normalized spacial score (nSPS) is 17.6. The lowest BCUT2D eigenvalue weighted by molar-refractivity contribution is 0.0628. The standard InChI is InChI=1S/C24H26N4O3S2/c29-24(27-14-12-26(13-15-27)18-21-7-3-4-10-25-21)23-22(9-16-32-23)33(30,31)28-11-8-19-5-1-2-6-20(19)17-28/h1-7,9-10,16H,8,11-15,17-18H2. The number of hydrogen-bond acceptors (Lipinski definition) is 6. The third-order valence-corrected chi connectivity index (χ3v) is 9.23. The minimum Gasteiger partial charge on any atom is -0.335 e. The molecule has 7 nitrogen and oxygen atoms in total. The maximum Gasteiger partial charge on any atom is 0.265 e. The number of carbonyl (C=O) groups excluding carboxylic acids is 1. The Hall–Kier alpha value is -2.59. The van der Waals surface area contributed by atoms with Gasteiger partial charge in [-0.2, -0.15) is 4.31 Å². The Labute approximate surface area is 198 Å². The van der Waals surface area contributed by atoms with Crippen LogP contribution in [0.1, 0.15) is 26.5 Å². The summed E-state index contributed by atoms with van der Waals surface area (Å²) in [5, 5.41) is 1.70. The zero-order valence-corrected chi connectivity index (χ0v) is 19.9. The van der Waals surface area contributed by atoms with Gasteiger partial charge in [-0.05, 0) is 41.1 Å². The third-order valence-electron chi connectivity index (χ3n) is 6.31. The highest BCUT2D eigenvalue weighted by Gasteiger charge is 2.34. The molecule has 1 amide bonds. The highest BCUT2D eigenvalue weighted by molar-refractivity contribution is 7.89. The first-order valence-electron chi connectivity index (χ1n) is 11.1. The van der Waals surface area contributed by atoms with Gasteiger partial charge in [0, 0.05) is 52.0 Å². The van der Waals surface area contributed by atoms with Crippen molar-refractivity contribution >= 4 is 27.3 Å². The number of nitrogens with zero attached hydrogens (tertiary/aromatic N) is 4. The molecule has 2 aromatic heterocycles. The number of amides is 1. The predicted octanol–water partition coefficient (Wildman–Crippen LogP) is 2.85. The van der Waals surface area contributed by atoms with E-state index in [0.29, 0.717) is 37.5 Å². The van der Waals surface area contributed by atoms with Crippen LogP contribution >= 0.6 is 11.3 Å². The topological polar surface area (TPSA) is 73.8 Å². The number of carbonyl (C=O) groups is 1. The van der Waals surface area contributed by atoms with Gasteiger partial charge < -0.3 is 4.90 Å². The molecule has 172 valence electrons. The first-order chi connectivity index (χ1) is 16.0. The summed E-state index contributed by atoms with van der Waals surface area (Å²) >= 11 is 1.21. The van der Waals surface area contributed by atoms with E-state index in [9.17, 15) is 13.2 Å². The molecule has 0 radical (unpaired) electrons. The number of rotatable bonds is 5. The van der Waals surface area contributed by atoms with Crippen molar-refractivity contribution in [1.29, 1.82) is 0 Å². The van der Waals surface area contributed by atoms with Crippen molar-refractivity contribution in [3.8, 4) is 0 Å². The molecule has 1 fully saturated rings. The van der Waals surface area contributed by atoms with E-state index in [1.165, 1.54) is 21.2 Å². The Kier molecular flexibility index (Phi) is 6.29. The van der Waals surface area contributed by atoms with Gasteiger partial charge in [-0.25, -0.2) is 8.42 Å². The van der Waals surface area contributed by atoms with Crippen LogP contribution in [0.4, 0.5) is 0 Å². The molecule has 2 aliphatic rings. The fourth-order valence-electron chi connectivity index (χ4n) is 4.44. The lowest BCUT2D eigenvalue weighted by Crippen LogP contribution is -2.48. The molecule has 33 heavy (non-hydrogen) atoms. The zero-order valence-electron chi connectivity index (χ0n) is 18.3. The van der Waals surface area contributed by atoms with Crippen LogP contribution in [-0.2, 0) is 29.5 Å². The van der Waals surface area contributed by atoms with Crippen LogP contribution in [0, 0.1) is 0 Å². The van der Waals surface area contributed by atoms with Crippen molar-refractivity contribution in [2.45, 2.75) is 24.4 Å². The van der Waals surface area contributed by atoms with E-state index in [4.69, 9.17) is 0 Å². The third kappa shape index (κ3) is 4.59. The molecule has 4 heterocycles. The molecule has 0 unspecified atom stereocenters. The number of pyridine rings is 1. The minimum absolute atomic E-state index is 0.132. The fraction of sp³-hybridized carbons (Fsp3) is 0.333. The van der Waals surface area contributed by atoms with Crippen molar-refractivity contribution in [3.63, 3.8) is 0 Å². The van der Waals surface area contributed by atoms with Crippen molar-refractivity contribution in [3.05, 3.63) is 81.8 Å². The molecular formula is C24H26N4O3S2. The summed E-state index contributed by atoms with van der Waals surface area (Å²) in [6.07, 6.45) is 2.47. The number of sulfonamides is 1. The largest absolute Gasteiger partial charge is 0.335 e.